The van der Waals surface area contributed by atoms with E-state index in [4.69, 9.17) is 0 Å². The van der Waals surface area contributed by atoms with Crippen molar-refractivity contribution in [1.82, 2.24) is 20.9 Å². The largest absolute Gasteiger partial charge is 0.357 e. The lowest BCUT2D eigenvalue weighted by molar-refractivity contribution is -0.128. The summed E-state index contributed by atoms with van der Waals surface area (Å²) >= 11 is 0. The number of benzene rings is 1. The maximum Gasteiger partial charge on any atom is 0.315 e. The van der Waals surface area contributed by atoms with Gasteiger partial charge in [-0.25, -0.2) is 4.79 Å². The Kier molecular flexibility index (Phi) is 7.31. The predicted molar refractivity (Wildman–Crippen MR) is 111 cm³/mol. The second kappa shape index (κ2) is 9.92. The summed E-state index contributed by atoms with van der Waals surface area (Å²) < 4.78 is 0. The number of urea groups is 1. The molecule has 3 N–H and O–H groups in total. The van der Waals surface area contributed by atoms with Crippen LogP contribution in [0.2, 0.25) is 0 Å². The maximum atomic E-state index is 12.4. The SMILES string of the molecule is CNC(=O)C1(NC(=O)NCC[C@H]2CCN(Cc3ccccc3)C2)CCCCC1. The lowest BCUT2D eigenvalue weighted by Gasteiger charge is -2.36. The molecule has 1 atom stereocenters. The van der Waals surface area contributed by atoms with Crippen LogP contribution in [0.15, 0.2) is 30.3 Å². The molecule has 0 unspecified atom stereocenters. The second-order valence-corrected chi connectivity index (χ2v) is 8.27. The van der Waals surface area contributed by atoms with Gasteiger partial charge in [-0.2, -0.15) is 0 Å². The summed E-state index contributed by atoms with van der Waals surface area (Å²) in [6.45, 7) is 3.85. The van der Waals surface area contributed by atoms with Gasteiger partial charge >= 0.3 is 6.03 Å². The van der Waals surface area contributed by atoms with Gasteiger partial charge in [-0.1, -0.05) is 49.6 Å². The third-order valence-electron chi connectivity index (χ3n) is 6.18. The fourth-order valence-electron chi connectivity index (χ4n) is 4.59. The van der Waals surface area contributed by atoms with Gasteiger partial charge in [-0.05, 0) is 43.7 Å². The van der Waals surface area contributed by atoms with E-state index in [9.17, 15) is 9.59 Å². The average Bonchev–Trinajstić information content (AvgIpc) is 3.16. The Morgan fingerprint density at radius 2 is 1.89 bits per heavy atom. The van der Waals surface area contributed by atoms with Gasteiger partial charge in [-0.15, -0.1) is 0 Å². The van der Waals surface area contributed by atoms with E-state index in [2.05, 4.69) is 51.2 Å². The molecule has 154 valence electrons. The van der Waals surface area contributed by atoms with Crippen molar-refractivity contribution in [2.24, 2.45) is 5.92 Å². The molecular weight excluding hydrogens is 352 g/mol. The molecule has 0 spiro atoms. The van der Waals surface area contributed by atoms with Crippen LogP contribution in [0.25, 0.3) is 0 Å². The first-order valence-electron chi connectivity index (χ1n) is 10.7. The molecule has 0 aromatic heterocycles. The van der Waals surface area contributed by atoms with E-state index in [1.165, 1.54) is 12.0 Å². The standard InChI is InChI=1S/C22H34N4O2/c1-23-20(27)22(12-6-3-7-13-22)25-21(28)24-14-10-19-11-15-26(17-19)16-18-8-4-2-5-9-18/h2,4-5,8-9,19H,3,6-7,10-17H2,1H3,(H,23,27)(H2,24,25,28)/t19-/m0/s1. The van der Waals surface area contributed by atoms with Gasteiger partial charge < -0.3 is 16.0 Å². The van der Waals surface area contributed by atoms with Crippen molar-refractivity contribution in [2.75, 3.05) is 26.7 Å². The van der Waals surface area contributed by atoms with Crippen molar-refractivity contribution in [3.8, 4) is 0 Å². The number of likely N-dealkylation sites (N-methyl/N-ethyl adjacent to an activating group) is 1. The van der Waals surface area contributed by atoms with E-state index in [-0.39, 0.29) is 11.9 Å². The highest BCUT2D eigenvalue weighted by atomic mass is 16.2. The Hall–Kier alpha value is -2.08. The van der Waals surface area contributed by atoms with E-state index in [1.54, 1.807) is 7.05 Å². The van der Waals surface area contributed by atoms with Crippen molar-refractivity contribution in [2.45, 2.75) is 57.0 Å². The zero-order valence-corrected chi connectivity index (χ0v) is 17.0. The number of hydrogen-bond donors (Lipinski definition) is 3. The Morgan fingerprint density at radius 3 is 2.61 bits per heavy atom. The number of nitrogens with zero attached hydrogens (tertiary/aromatic N) is 1. The molecule has 3 rings (SSSR count). The van der Waals surface area contributed by atoms with E-state index in [1.807, 2.05) is 0 Å². The Bertz CT molecular complexity index is 643. The van der Waals surface area contributed by atoms with Crippen molar-refractivity contribution >= 4 is 11.9 Å². The minimum atomic E-state index is -0.739. The Balaban J connectivity index is 1.38. The fourth-order valence-corrected chi connectivity index (χ4v) is 4.59. The smallest absolute Gasteiger partial charge is 0.315 e. The maximum absolute atomic E-state index is 12.4. The average molecular weight is 387 g/mol. The van der Waals surface area contributed by atoms with Crippen LogP contribution in [-0.4, -0.2) is 49.1 Å². The van der Waals surface area contributed by atoms with Crippen LogP contribution < -0.4 is 16.0 Å². The molecule has 1 aliphatic carbocycles. The zero-order valence-electron chi connectivity index (χ0n) is 17.0. The first-order chi connectivity index (χ1) is 13.6. The number of likely N-dealkylation sites (tertiary alicyclic amines) is 1. The van der Waals surface area contributed by atoms with Crippen LogP contribution in [0.1, 0.15) is 50.5 Å². The van der Waals surface area contributed by atoms with Gasteiger partial charge in [-0.3, -0.25) is 9.69 Å². The highest BCUT2D eigenvalue weighted by molar-refractivity contribution is 5.91. The summed E-state index contributed by atoms with van der Waals surface area (Å²) in [6, 6.07) is 10.4. The third-order valence-corrected chi connectivity index (χ3v) is 6.18. The molecule has 1 saturated carbocycles. The summed E-state index contributed by atoms with van der Waals surface area (Å²) in [5, 5.41) is 8.67. The Morgan fingerprint density at radius 1 is 1.14 bits per heavy atom. The van der Waals surface area contributed by atoms with Crippen LogP contribution in [0.5, 0.6) is 0 Å². The summed E-state index contributed by atoms with van der Waals surface area (Å²) in [5.74, 6) is 0.543. The predicted octanol–water partition coefficient (Wildman–Crippen LogP) is 2.65. The molecule has 1 aliphatic heterocycles. The van der Waals surface area contributed by atoms with Gasteiger partial charge in [0.2, 0.25) is 5.91 Å². The minimum absolute atomic E-state index is 0.0744. The summed E-state index contributed by atoms with van der Waals surface area (Å²) in [7, 11) is 1.64. The first kappa shape index (κ1) is 20.6. The highest BCUT2D eigenvalue weighted by Gasteiger charge is 2.40. The third kappa shape index (κ3) is 5.47. The summed E-state index contributed by atoms with van der Waals surface area (Å²) in [4.78, 5) is 27.2. The fraction of sp³-hybridized carbons (Fsp3) is 0.636. The molecule has 0 radical (unpaired) electrons. The van der Waals surface area contributed by atoms with E-state index >= 15 is 0 Å². The number of hydrogen-bond acceptors (Lipinski definition) is 3. The van der Waals surface area contributed by atoms with Crippen molar-refractivity contribution < 1.29 is 9.59 Å². The van der Waals surface area contributed by atoms with Crippen LogP contribution >= 0.6 is 0 Å². The van der Waals surface area contributed by atoms with E-state index in [0.717, 1.165) is 58.2 Å². The van der Waals surface area contributed by atoms with Crippen LogP contribution in [0.4, 0.5) is 4.79 Å². The van der Waals surface area contributed by atoms with Gasteiger partial charge in [0.1, 0.15) is 5.54 Å². The minimum Gasteiger partial charge on any atom is -0.357 e. The zero-order chi connectivity index (χ0) is 19.8. The van der Waals surface area contributed by atoms with Crippen LogP contribution in [-0.2, 0) is 11.3 Å². The molecule has 28 heavy (non-hydrogen) atoms. The summed E-state index contributed by atoms with van der Waals surface area (Å²) in [6.07, 6.45) is 6.68. The molecule has 6 heteroatoms. The number of nitrogens with one attached hydrogen (secondary N) is 3. The van der Waals surface area contributed by atoms with Crippen LogP contribution in [0, 0.1) is 5.92 Å². The van der Waals surface area contributed by atoms with Gasteiger partial charge in [0.25, 0.3) is 0 Å². The molecule has 3 amide bonds. The monoisotopic (exact) mass is 386 g/mol. The summed E-state index contributed by atoms with van der Waals surface area (Å²) in [5.41, 5.74) is 0.615. The number of rotatable bonds is 7. The molecule has 1 heterocycles. The van der Waals surface area contributed by atoms with Crippen molar-refractivity contribution in [1.29, 1.82) is 0 Å². The van der Waals surface area contributed by atoms with Gasteiger partial charge in [0.05, 0.1) is 0 Å². The Labute approximate surface area is 168 Å². The van der Waals surface area contributed by atoms with E-state index < -0.39 is 5.54 Å². The topological polar surface area (TPSA) is 73.5 Å². The number of amides is 3. The van der Waals surface area contributed by atoms with Crippen molar-refractivity contribution in [3.63, 3.8) is 0 Å². The molecule has 0 bridgehead atoms. The number of carbonyl (C=O) groups is 2. The molecular formula is C22H34N4O2. The normalized spacial score (nSPS) is 21.8. The molecule has 2 aliphatic rings. The van der Waals surface area contributed by atoms with Gasteiger partial charge in [0.15, 0.2) is 0 Å². The quantitative estimate of drug-likeness (QED) is 0.674. The van der Waals surface area contributed by atoms with Crippen LogP contribution in [0.3, 0.4) is 0 Å². The first-order valence-corrected chi connectivity index (χ1v) is 10.7. The van der Waals surface area contributed by atoms with Gasteiger partial charge in [0, 0.05) is 26.7 Å². The molecule has 1 saturated heterocycles. The lowest BCUT2D eigenvalue weighted by Crippen LogP contribution is -2.61. The molecule has 1 aromatic rings. The molecule has 1 aromatic carbocycles. The van der Waals surface area contributed by atoms with Crippen molar-refractivity contribution in [3.05, 3.63) is 35.9 Å². The molecule has 6 nitrogen and oxygen atoms in total. The second-order valence-electron chi connectivity index (χ2n) is 8.27. The lowest BCUT2D eigenvalue weighted by atomic mass is 9.81. The number of carbonyl (C=O) groups excluding carboxylic acids is 2. The highest BCUT2D eigenvalue weighted by Crippen LogP contribution is 2.28. The van der Waals surface area contributed by atoms with E-state index in [0.29, 0.717) is 12.5 Å². The molecule has 2 fully saturated rings.